The summed E-state index contributed by atoms with van der Waals surface area (Å²) in [6, 6.07) is 0.887. The number of halogens is 5. The first-order chi connectivity index (χ1) is 8.12. The van der Waals surface area contributed by atoms with Crippen molar-refractivity contribution >= 4 is 28.9 Å². The Balaban J connectivity index is 3.24. The summed E-state index contributed by atoms with van der Waals surface area (Å²) >= 11 is 5.35. The molecular formula is C8H3ClF4N2O3. The summed E-state index contributed by atoms with van der Waals surface area (Å²) in [5, 5.41) is 11.0. The van der Waals surface area contributed by atoms with Crippen LogP contribution >= 0.6 is 11.6 Å². The van der Waals surface area contributed by atoms with Gasteiger partial charge in [-0.15, -0.1) is 0 Å². The van der Waals surface area contributed by atoms with Crippen molar-refractivity contribution in [3.63, 3.8) is 0 Å². The smallest absolute Gasteiger partial charge is 0.311 e. The molecule has 0 aliphatic rings. The number of alkyl halides is 3. The molecule has 18 heavy (non-hydrogen) atoms. The number of nitro groups is 1. The van der Waals surface area contributed by atoms with Crippen molar-refractivity contribution in [3.05, 3.63) is 33.1 Å². The molecule has 0 spiro atoms. The Labute approximate surface area is 101 Å². The number of amides is 1. The van der Waals surface area contributed by atoms with Crippen LogP contribution in [-0.4, -0.2) is 17.0 Å². The molecule has 1 aromatic rings. The van der Waals surface area contributed by atoms with E-state index in [1.54, 1.807) is 0 Å². The van der Waals surface area contributed by atoms with E-state index in [-0.39, 0.29) is 0 Å². The molecule has 10 heteroatoms. The fourth-order valence-electron chi connectivity index (χ4n) is 1.01. The van der Waals surface area contributed by atoms with Gasteiger partial charge in [0.05, 0.1) is 16.0 Å². The second-order valence-corrected chi connectivity index (χ2v) is 3.40. The van der Waals surface area contributed by atoms with Crippen LogP contribution < -0.4 is 5.32 Å². The zero-order chi connectivity index (χ0) is 14.1. The normalized spacial score (nSPS) is 11.2. The van der Waals surface area contributed by atoms with E-state index in [1.807, 2.05) is 0 Å². The fourth-order valence-corrected chi connectivity index (χ4v) is 1.26. The number of carbonyl (C=O) groups is 1. The number of anilines is 1. The van der Waals surface area contributed by atoms with Crippen molar-refractivity contribution in [3.8, 4) is 0 Å². The van der Waals surface area contributed by atoms with E-state index in [1.165, 1.54) is 5.32 Å². The van der Waals surface area contributed by atoms with Gasteiger partial charge in [-0.25, -0.2) is 4.39 Å². The number of nitro benzene ring substituents is 1. The van der Waals surface area contributed by atoms with E-state index in [9.17, 15) is 32.5 Å². The lowest BCUT2D eigenvalue weighted by Crippen LogP contribution is -2.30. The third-order valence-corrected chi connectivity index (χ3v) is 2.02. The average molecular weight is 287 g/mol. The molecule has 0 bridgehead atoms. The minimum absolute atomic E-state index is 0.345. The molecule has 1 aromatic carbocycles. The predicted molar refractivity (Wildman–Crippen MR) is 52.7 cm³/mol. The molecule has 0 aromatic heterocycles. The first-order valence-corrected chi connectivity index (χ1v) is 4.52. The highest BCUT2D eigenvalue weighted by Gasteiger charge is 2.40. The van der Waals surface area contributed by atoms with Gasteiger partial charge in [0, 0.05) is 0 Å². The third kappa shape index (κ3) is 3.06. The maximum absolute atomic E-state index is 12.8. The lowest BCUT2D eigenvalue weighted by Gasteiger charge is -2.09. The van der Waals surface area contributed by atoms with E-state index >= 15 is 0 Å². The highest BCUT2D eigenvalue weighted by Crippen LogP contribution is 2.34. The molecule has 0 unspecified atom stereocenters. The monoisotopic (exact) mass is 286 g/mol. The molecule has 0 saturated carbocycles. The molecule has 0 aliphatic carbocycles. The van der Waals surface area contributed by atoms with Crippen molar-refractivity contribution in [1.82, 2.24) is 0 Å². The van der Waals surface area contributed by atoms with E-state index in [0.717, 1.165) is 0 Å². The van der Waals surface area contributed by atoms with Gasteiger partial charge in [0.25, 0.3) is 5.69 Å². The maximum Gasteiger partial charge on any atom is 0.471 e. The van der Waals surface area contributed by atoms with Gasteiger partial charge in [0.2, 0.25) is 0 Å². The summed E-state index contributed by atoms with van der Waals surface area (Å²) in [5.41, 5.74) is -1.98. The minimum Gasteiger partial charge on any atom is -0.311 e. The standard InChI is InChI=1S/C8H3ClF4N2O3/c9-4-1-3(10)2-5(15(17)18)6(4)14-7(16)8(11,12)13/h1-2H,(H,14,16). The van der Waals surface area contributed by atoms with Gasteiger partial charge in [0.15, 0.2) is 0 Å². The number of nitrogens with one attached hydrogen (secondary N) is 1. The molecule has 5 nitrogen and oxygen atoms in total. The highest BCUT2D eigenvalue weighted by molar-refractivity contribution is 6.34. The van der Waals surface area contributed by atoms with Crippen LogP contribution in [0.15, 0.2) is 12.1 Å². The van der Waals surface area contributed by atoms with Gasteiger partial charge in [-0.2, -0.15) is 13.2 Å². The Kier molecular flexibility index (Phi) is 3.75. The number of carbonyl (C=O) groups excluding carboxylic acids is 1. The molecule has 1 amide bonds. The zero-order valence-corrected chi connectivity index (χ0v) is 8.97. The van der Waals surface area contributed by atoms with Gasteiger partial charge < -0.3 is 5.32 Å². The quantitative estimate of drug-likeness (QED) is 0.516. The molecular weight excluding hydrogens is 284 g/mol. The third-order valence-electron chi connectivity index (χ3n) is 1.73. The van der Waals surface area contributed by atoms with Crippen LogP contribution in [0.25, 0.3) is 0 Å². The number of hydrogen-bond acceptors (Lipinski definition) is 3. The molecule has 1 rings (SSSR count). The lowest BCUT2D eigenvalue weighted by atomic mass is 10.2. The van der Waals surface area contributed by atoms with Gasteiger partial charge in [0.1, 0.15) is 11.5 Å². The molecule has 0 saturated heterocycles. The number of hydrogen-bond donors (Lipinski definition) is 1. The summed E-state index contributed by atoms with van der Waals surface area (Å²) in [6.07, 6.45) is -5.24. The Bertz CT molecular complexity index is 518. The van der Waals surface area contributed by atoms with Crippen LogP contribution in [0.1, 0.15) is 0 Å². The molecule has 0 radical (unpaired) electrons. The molecule has 0 aliphatic heterocycles. The summed E-state index contributed by atoms with van der Waals surface area (Å²) in [5.74, 6) is -3.56. The van der Waals surface area contributed by atoms with Crippen LogP contribution in [0.3, 0.4) is 0 Å². The summed E-state index contributed by atoms with van der Waals surface area (Å²) < 4.78 is 48.8. The second-order valence-electron chi connectivity index (χ2n) is 2.99. The average Bonchev–Trinajstić information content (AvgIpc) is 2.19. The Morgan fingerprint density at radius 2 is 1.94 bits per heavy atom. The summed E-state index contributed by atoms with van der Waals surface area (Å²) in [4.78, 5) is 20.0. The number of nitrogens with zero attached hydrogens (tertiary/aromatic N) is 1. The van der Waals surface area contributed by atoms with E-state index in [2.05, 4.69) is 0 Å². The highest BCUT2D eigenvalue weighted by atomic mass is 35.5. The van der Waals surface area contributed by atoms with Crippen LogP contribution in [0.4, 0.5) is 28.9 Å². The number of rotatable bonds is 2. The SMILES string of the molecule is O=C(Nc1c(Cl)cc(F)cc1[N+](=O)[O-])C(F)(F)F. The van der Waals surface area contributed by atoms with Crippen LogP contribution in [-0.2, 0) is 4.79 Å². The topological polar surface area (TPSA) is 72.2 Å². The Morgan fingerprint density at radius 1 is 1.39 bits per heavy atom. The van der Waals surface area contributed by atoms with Gasteiger partial charge in [-0.3, -0.25) is 14.9 Å². The first-order valence-electron chi connectivity index (χ1n) is 4.14. The molecule has 0 atom stereocenters. The van der Waals surface area contributed by atoms with E-state index in [0.29, 0.717) is 12.1 Å². The van der Waals surface area contributed by atoms with Crippen molar-refractivity contribution in [2.75, 3.05) is 5.32 Å². The van der Waals surface area contributed by atoms with Gasteiger partial charge >= 0.3 is 12.1 Å². The summed E-state index contributed by atoms with van der Waals surface area (Å²) in [6.45, 7) is 0. The molecule has 1 N–H and O–H groups in total. The zero-order valence-electron chi connectivity index (χ0n) is 8.22. The Hall–Kier alpha value is -1.90. The predicted octanol–water partition coefficient (Wildman–Crippen LogP) is 2.89. The second kappa shape index (κ2) is 4.77. The van der Waals surface area contributed by atoms with Crippen LogP contribution in [0.2, 0.25) is 5.02 Å². The van der Waals surface area contributed by atoms with E-state index < -0.39 is 39.2 Å². The maximum atomic E-state index is 12.8. The van der Waals surface area contributed by atoms with Crippen LogP contribution in [0, 0.1) is 15.9 Å². The van der Waals surface area contributed by atoms with Gasteiger partial charge in [-0.05, 0) is 6.07 Å². The molecule has 0 fully saturated rings. The Morgan fingerprint density at radius 3 is 2.39 bits per heavy atom. The minimum atomic E-state index is -5.24. The van der Waals surface area contributed by atoms with Crippen molar-refractivity contribution < 1.29 is 27.3 Å². The summed E-state index contributed by atoms with van der Waals surface area (Å²) in [7, 11) is 0. The van der Waals surface area contributed by atoms with Crippen molar-refractivity contribution in [2.24, 2.45) is 0 Å². The number of benzene rings is 1. The fraction of sp³-hybridized carbons (Fsp3) is 0.125. The van der Waals surface area contributed by atoms with Gasteiger partial charge in [-0.1, -0.05) is 11.6 Å². The van der Waals surface area contributed by atoms with Crippen LogP contribution in [0.5, 0.6) is 0 Å². The molecule has 0 heterocycles. The van der Waals surface area contributed by atoms with E-state index in [4.69, 9.17) is 11.6 Å². The lowest BCUT2D eigenvalue weighted by molar-refractivity contribution is -0.384. The molecule has 98 valence electrons. The first kappa shape index (κ1) is 14.2. The largest absolute Gasteiger partial charge is 0.471 e. The van der Waals surface area contributed by atoms with Crippen molar-refractivity contribution in [2.45, 2.75) is 6.18 Å². The van der Waals surface area contributed by atoms with Crippen molar-refractivity contribution in [1.29, 1.82) is 0 Å².